The molecule has 4 N–H and O–H groups in total. The van der Waals surface area contributed by atoms with Gasteiger partial charge in [-0.25, -0.2) is 20.2 Å². The van der Waals surface area contributed by atoms with Gasteiger partial charge in [-0.2, -0.15) is 0 Å². The van der Waals surface area contributed by atoms with Crippen molar-refractivity contribution in [2.75, 3.05) is 13.7 Å². The molecule has 3 amide bonds. The highest BCUT2D eigenvalue weighted by molar-refractivity contribution is 5.88. The quantitative estimate of drug-likeness (QED) is 0.109. The lowest BCUT2D eigenvalue weighted by Gasteiger charge is -2.26. The predicted molar refractivity (Wildman–Crippen MR) is 132 cm³/mol. The van der Waals surface area contributed by atoms with Crippen LogP contribution in [0.5, 0.6) is 0 Å². The number of nitrogens with zero attached hydrogens (tertiary/aromatic N) is 1. The van der Waals surface area contributed by atoms with Gasteiger partial charge >= 0.3 is 23.9 Å². The summed E-state index contributed by atoms with van der Waals surface area (Å²) in [6.45, 7) is 12.5. The molecule has 0 aromatic heterocycles. The lowest BCUT2D eigenvalue weighted by molar-refractivity contribution is -0.158. The van der Waals surface area contributed by atoms with Gasteiger partial charge in [0.15, 0.2) is 0 Å². The molecule has 0 aromatic rings. The van der Waals surface area contributed by atoms with E-state index in [0.717, 1.165) is 25.0 Å². The summed E-state index contributed by atoms with van der Waals surface area (Å²) >= 11 is 0. The molecule has 0 aromatic carbocycles. The molecule has 0 bridgehead atoms. The second-order valence-corrected chi connectivity index (χ2v) is 10.4. The molecular weight excluding hydrogens is 472 g/mol. The highest BCUT2D eigenvalue weighted by Gasteiger charge is 2.30. The highest BCUT2D eigenvalue weighted by Crippen LogP contribution is 2.14. The number of carbonyl (C=O) groups is 5. The molecule has 12 nitrogen and oxygen atoms in total. The average Bonchev–Trinajstić information content (AvgIpc) is 2.74. The smallest absolute Gasteiger partial charge is 0.329 e. The van der Waals surface area contributed by atoms with Crippen LogP contribution in [-0.4, -0.2) is 71.8 Å². The van der Waals surface area contributed by atoms with E-state index >= 15 is 0 Å². The van der Waals surface area contributed by atoms with Crippen LogP contribution in [0.15, 0.2) is 0 Å². The van der Waals surface area contributed by atoms with Crippen LogP contribution in [0, 0.1) is 0 Å². The van der Waals surface area contributed by atoms with Crippen LogP contribution in [-0.2, 0) is 33.4 Å². The number of unbranched alkanes of at least 4 members (excludes halogenated alkanes) is 1. The summed E-state index contributed by atoms with van der Waals surface area (Å²) in [6.07, 6.45) is 1.19. The van der Waals surface area contributed by atoms with Crippen molar-refractivity contribution in [3.8, 4) is 0 Å². The number of nitrogens with one attached hydrogen (secondary N) is 2. The Bertz CT molecular complexity index is 758. The number of ether oxygens (including phenoxy) is 3. The van der Waals surface area contributed by atoms with E-state index < -0.39 is 47.2 Å². The fourth-order valence-corrected chi connectivity index (χ4v) is 2.89. The number of esters is 3. The van der Waals surface area contributed by atoms with Crippen molar-refractivity contribution in [3.63, 3.8) is 0 Å². The van der Waals surface area contributed by atoms with Crippen LogP contribution in [0.3, 0.4) is 0 Å². The second-order valence-electron chi connectivity index (χ2n) is 10.4. The van der Waals surface area contributed by atoms with E-state index in [0.29, 0.717) is 6.54 Å². The molecule has 208 valence electrons. The number of urea groups is 1. The summed E-state index contributed by atoms with van der Waals surface area (Å²) in [4.78, 5) is 61.9. The molecule has 2 atom stereocenters. The van der Waals surface area contributed by atoms with E-state index in [9.17, 15) is 24.0 Å². The number of rotatable bonds is 13. The summed E-state index contributed by atoms with van der Waals surface area (Å²) in [6, 6.07) is -3.22. The molecule has 0 aliphatic rings. The van der Waals surface area contributed by atoms with E-state index in [1.807, 2.05) is 6.92 Å². The minimum atomic E-state index is -1.19. The molecule has 0 saturated carbocycles. The molecule has 36 heavy (non-hydrogen) atoms. The zero-order valence-electron chi connectivity index (χ0n) is 22.9. The van der Waals surface area contributed by atoms with Crippen LogP contribution >= 0.6 is 0 Å². The topological polar surface area (TPSA) is 166 Å². The van der Waals surface area contributed by atoms with Crippen LogP contribution in [0.4, 0.5) is 4.79 Å². The van der Waals surface area contributed by atoms with E-state index in [-0.39, 0.29) is 31.6 Å². The maximum atomic E-state index is 12.7. The third-order valence-electron chi connectivity index (χ3n) is 4.56. The van der Waals surface area contributed by atoms with Crippen molar-refractivity contribution >= 4 is 29.8 Å². The Kier molecular flexibility index (Phi) is 14.0. The zero-order chi connectivity index (χ0) is 28.1. The van der Waals surface area contributed by atoms with Crippen molar-refractivity contribution in [3.05, 3.63) is 0 Å². The van der Waals surface area contributed by atoms with Gasteiger partial charge in [-0.15, -0.1) is 0 Å². The van der Waals surface area contributed by atoms with Gasteiger partial charge < -0.3 is 24.8 Å². The minimum Gasteiger partial charge on any atom is -0.467 e. The Labute approximate surface area is 213 Å². The van der Waals surface area contributed by atoms with Gasteiger partial charge in [0.2, 0.25) is 5.91 Å². The summed E-state index contributed by atoms with van der Waals surface area (Å²) in [7, 11) is 1.15. The first-order valence-corrected chi connectivity index (χ1v) is 12.1. The number of carbonyl (C=O) groups excluding carboxylic acids is 5. The molecule has 0 fully saturated rings. The van der Waals surface area contributed by atoms with E-state index in [1.54, 1.807) is 41.5 Å². The van der Waals surface area contributed by atoms with Crippen molar-refractivity contribution < 1.29 is 38.2 Å². The molecule has 0 spiro atoms. The predicted octanol–water partition coefficient (Wildman–Crippen LogP) is 1.94. The fourth-order valence-electron chi connectivity index (χ4n) is 2.89. The largest absolute Gasteiger partial charge is 0.467 e. The molecule has 0 saturated heterocycles. The Hall–Kier alpha value is -2.89. The molecule has 0 heterocycles. The number of nitrogens with two attached hydrogens (primary N) is 1. The van der Waals surface area contributed by atoms with Gasteiger partial charge in [-0.3, -0.25) is 14.6 Å². The fraction of sp³-hybridized carbons (Fsp3) is 0.792. The van der Waals surface area contributed by atoms with Gasteiger partial charge in [0, 0.05) is 19.4 Å². The summed E-state index contributed by atoms with van der Waals surface area (Å²) in [5.41, 5.74) is -1.54. The van der Waals surface area contributed by atoms with Gasteiger partial charge in [0.1, 0.15) is 23.3 Å². The Morgan fingerprint density at radius 1 is 0.833 bits per heavy atom. The molecular formula is C24H44N4O8. The van der Waals surface area contributed by atoms with Crippen LogP contribution in [0.1, 0.15) is 87.0 Å². The van der Waals surface area contributed by atoms with Gasteiger partial charge in [-0.05, 0) is 60.8 Å². The second kappa shape index (κ2) is 15.3. The molecule has 0 rings (SSSR count). The number of hydrogen-bond acceptors (Lipinski definition) is 9. The van der Waals surface area contributed by atoms with Crippen molar-refractivity contribution in [2.45, 2.75) is 110 Å². The third-order valence-corrected chi connectivity index (χ3v) is 4.56. The Balaban J connectivity index is 5.28. The summed E-state index contributed by atoms with van der Waals surface area (Å²) in [5.74, 6) is 3.28. The minimum absolute atomic E-state index is 0.0617. The first-order valence-electron chi connectivity index (χ1n) is 12.1. The van der Waals surface area contributed by atoms with Crippen molar-refractivity contribution in [1.82, 2.24) is 15.6 Å². The monoisotopic (exact) mass is 516 g/mol. The molecule has 2 unspecified atom stereocenters. The average molecular weight is 517 g/mol. The van der Waals surface area contributed by atoms with Crippen LogP contribution in [0.25, 0.3) is 0 Å². The molecule has 0 radical (unpaired) electrons. The molecule has 0 aliphatic carbocycles. The SMILES string of the molecule is CCCCN(N)C(=O)CCC(NC(=O)NC(CCC(=O)OC(C)(C)C)C(=O)OC(C)(C)C)C(=O)OC. The van der Waals surface area contributed by atoms with Crippen molar-refractivity contribution in [1.29, 1.82) is 0 Å². The van der Waals surface area contributed by atoms with E-state index in [1.165, 1.54) is 0 Å². The first kappa shape index (κ1) is 33.1. The number of amides is 3. The molecule has 12 heteroatoms. The lowest BCUT2D eigenvalue weighted by atomic mass is 10.1. The first-order chi connectivity index (χ1) is 16.5. The Morgan fingerprint density at radius 3 is 1.81 bits per heavy atom. The summed E-state index contributed by atoms with van der Waals surface area (Å²) in [5, 5.41) is 5.94. The van der Waals surface area contributed by atoms with Gasteiger partial charge in [0.25, 0.3) is 0 Å². The van der Waals surface area contributed by atoms with Crippen LogP contribution < -0.4 is 16.5 Å². The van der Waals surface area contributed by atoms with Gasteiger partial charge in [-0.1, -0.05) is 13.3 Å². The van der Waals surface area contributed by atoms with E-state index in [2.05, 4.69) is 10.6 Å². The number of methoxy groups -OCH3 is 1. The van der Waals surface area contributed by atoms with Crippen LogP contribution in [0.2, 0.25) is 0 Å². The number of hydrogen-bond donors (Lipinski definition) is 3. The summed E-state index contributed by atoms with van der Waals surface area (Å²) < 4.78 is 15.3. The maximum absolute atomic E-state index is 12.7. The third kappa shape index (κ3) is 15.2. The zero-order valence-corrected chi connectivity index (χ0v) is 22.9. The highest BCUT2D eigenvalue weighted by atomic mass is 16.6. The van der Waals surface area contributed by atoms with E-state index in [4.69, 9.17) is 20.1 Å². The van der Waals surface area contributed by atoms with Crippen molar-refractivity contribution in [2.24, 2.45) is 5.84 Å². The maximum Gasteiger partial charge on any atom is 0.329 e. The normalized spacial score (nSPS) is 13.1. The standard InChI is InChI=1S/C24H44N4O8/c1-9-10-15-28(25)18(29)13-11-16(20(31)34-8)26-22(33)27-17(21(32)36-24(5,6)7)12-14-19(30)35-23(2,3)4/h16-17H,9-15,25H2,1-8H3,(H2,26,27,33). The van der Waals surface area contributed by atoms with Gasteiger partial charge in [0.05, 0.1) is 7.11 Å². The molecule has 0 aliphatic heterocycles. The number of hydrazine groups is 1. The Morgan fingerprint density at radius 2 is 1.33 bits per heavy atom. The lowest BCUT2D eigenvalue weighted by Crippen LogP contribution is -2.52.